The topological polar surface area (TPSA) is 56.2 Å². The molecular formula is C15H16N4. The highest BCUT2D eigenvalue weighted by molar-refractivity contribution is 5.63. The molecule has 96 valence electrons. The van der Waals surface area contributed by atoms with E-state index < -0.39 is 0 Å². The number of nitrogen functional groups attached to an aromatic ring is 1. The van der Waals surface area contributed by atoms with E-state index in [1.165, 1.54) is 11.1 Å². The Bertz CT molecular complexity index is 698. The van der Waals surface area contributed by atoms with Crippen molar-refractivity contribution in [3.05, 3.63) is 59.5 Å². The summed E-state index contributed by atoms with van der Waals surface area (Å²) < 4.78 is 1.96. The Morgan fingerprint density at radius 3 is 2.63 bits per heavy atom. The summed E-state index contributed by atoms with van der Waals surface area (Å²) in [5.74, 6) is 0.947. The molecule has 0 aliphatic rings. The summed E-state index contributed by atoms with van der Waals surface area (Å²) in [7, 11) is 0. The fourth-order valence-corrected chi connectivity index (χ4v) is 2.17. The molecule has 0 fully saturated rings. The SMILES string of the molecule is Cc1ccc(CCc2nnc3c(N)cccn23)cc1. The molecule has 0 bridgehead atoms. The first-order chi connectivity index (χ1) is 9.24. The first-order valence-electron chi connectivity index (χ1n) is 6.38. The lowest BCUT2D eigenvalue weighted by Gasteiger charge is -2.02. The summed E-state index contributed by atoms with van der Waals surface area (Å²) in [6.45, 7) is 2.10. The number of benzene rings is 1. The molecular weight excluding hydrogens is 236 g/mol. The highest BCUT2D eigenvalue weighted by Gasteiger charge is 2.07. The Morgan fingerprint density at radius 2 is 1.84 bits per heavy atom. The molecule has 0 saturated heterocycles. The maximum atomic E-state index is 5.87. The van der Waals surface area contributed by atoms with Crippen LogP contribution in [0.25, 0.3) is 5.65 Å². The number of fused-ring (bicyclic) bond motifs is 1. The van der Waals surface area contributed by atoms with E-state index in [0.717, 1.165) is 24.3 Å². The van der Waals surface area contributed by atoms with Gasteiger partial charge >= 0.3 is 0 Å². The zero-order valence-corrected chi connectivity index (χ0v) is 10.9. The van der Waals surface area contributed by atoms with Crippen LogP contribution in [-0.4, -0.2) is 14.6 Å². The largest absolute Gasteiger partial charge is 0.396 e. The third-order valence-electron chi connectivity index (χ3n) is 3.29. The minimum Gasteiger partial charge on any atom is -0.396 e. The maximum absolute atomic E-state index is 5.87. The molecule has 4 heteroatoms. The Kier molecular flexibility index (Phi) is 2.91. The van der Waals surface area contributed by atoms with Crippen LogP contribution < -0.4 is 5.73 Å². The molecule has 2 N–H and O–H groups in total. The van der Waals surface area contributed by atoms with Gasteiger partial charge in [0.25, 0.3) is 0 Å². The van der Waals surface area contributed by atoms with Gasteiger partial charge in [0.15, 0.2) is 5.65 Å². The second kappa shape index (κ2) is 4.72. The van der Waals surface area contributed by atoms with Crippen LogP contribution in [0.4, 0.5) is 5.69 Å². The Labute approximate surface area is 111 Å². The van der Waals surface area contributed by atoms with E-state index in [0.29, 0.717) is 5.69 Å². The standard InChI is InChI=1S/C15H16N4/c1-11-4-6-12(7-5-11)8-9-14-17-18-15-13(16)3-2-10-19(14)15/h2-7,10H,8-9,16H2,1H3. The Morgan fingerprint density at radius 1 is 1.05 bits per heavy atom. The summed E-state index contributed by atoms with van der Waals surface area (Å²) in [5.41, 5.74) is 9.86. The monoisotopic (exact) mass is 252 g/mol. The highest BCUT2D eigenvalue weighted by Crippen LogP contribution is 2.13. The Balaban J connectivity index is 1.82. The molecule has 0 amide bonds. The predicted molar refractivity (Wildman–Crippen MR) is 76.0 cm³/mol. The van der Waals surface area contributed by atoms with Gasteiger partial charge < -0.3 is 5.73 Å². The lowest BCUT2D eigenvalue weighted by molar-refractivity contribution is 0.839. The van der Waals surface area contributed by atoms with Gasteiger partial charge in [-0.25, -0.2) is 0 Å². The quantitative estimate of drug-likeness (QED) is 0.778. The van der Waals surface area contributed by atoms with Crippen LogP contribution in [-0.2, 0) is 12.8 Å². The third-order valence-corrected chi connectivity index (χ3v) is 3.29. The van der Waals surface area contributed by atoms with E-state index >= 15 is 0 Å². The van der Waals surface area contributed by atoms with E-state index in [1.807, 2.05) is 22.7 Å². The zero-order valence-electron chi connectivity index (χ0n) is 10.9. The van der Waals surface area contributed by atoms with Crippen molar-refractivity contribution in [3.63, 3.8) is 0 Å². The summed E-state index contributed by atoms with van der Waals surface area (Å²) in [4.78, 5) is 0. The van der Waals surface area contributed by atoms with E-state index in [-0.39, 0.29) is 0 Å². The molecule has 1 aromatic carbocycles. The number of nitrogens with two attached hydrogens (primary N) is 1. The van der Waals surface area contributed by atoms with Crippen LogP contribution >= 0.6 is 0 Å². The second-order valence-corrected chi connectivity index (χ2v) is 4.76. The summed E-state index contributed by atoms with van der Waals surface area (Å²) in [5, 5.41) is 8.35. The van der Waals surface area contributed by atoms with Gasteiger partial charge in [0.1, 0.15) is 5.82 Å². The maximum Gasteiger partial charge on any atom is 0.183 e. The summed E-state index contributed by atoms with van der Waals surface area (Å²) >= 11 is 0. The summed E-state index contributed by atoms with van der Waals surface area (Å²) in [6.07, 6.45) is 3.76. The first-order valence-corrected chi connectivity index (χ1v) is 6.38. The molecule has 0 aliphatic heterocycles. The van der Waals surface area contributed by atoms with Crippen molar-refractivity contribution < 1.29 is 0 Å². The minimum atomic E-state index is 0.664. The van der Waals surface area contributed by atoms with E-state index in [4.69, 9.17) is 5.73 Å². The number of hydrogen-bond acceptors (Lipinski definition) is 3. The fourth-order valence-electron chi connectivity index (χ4n) is 2.17. The van der Waals surface area contributed by atoms with Crippen LogP contribution in [0.5, 0.6) is 0 Å². The number of aryl methyl sites for hydroxylation is 3. The Hall–Kier alpha value is -2.36. The lowest BCUT2D eigenvalue weighted by Crippen LogP contribution is -1.99. The average Bonchev–Trinajstić information content (AvgIpc) is 2.83. The molecule has 0 unspecified atom stereocenters. The normalized spacial score (nSPS) is 11.0. The molecule has 0 saturated carbocycles. The number of aromatic nitrogens is 3. The predicted octanol–water partition coefficient (Wildman–Crippen LogP) is 2.41. The number of nitrogens with zero attached hydrogens (tertiary/aromatic N) is 3. The smallest absolute Gasteiger partial charge is 0.183 e. The van der Waals surface area contributed by atoms with Gasteiger partial charge in [-0.15, -0.1) is 10.2 Å². The molecule has 0 spiro atoms. The number of hydrogen-bond donors (Lipinski definition) is 1. The third kappa shape index (κ3) is 2.29. The summed E-state index contributed by atoms with van der Waals surface area (Å²) in [6, 6.07) is 12.3. The fraction of sp³-hybridized carbons (Fsp3) is 0.200. The van der Waals surface area contributed by atoms with Crippen molar-refractivity contribution in [2.24, 2.45) is 0 Å². The van der Waals surface area contributed by atoms with Crippen molar-refractivity contribution >= 4 is 11.3 Å². The van der Waals surface area contributed by atoms with Crippen LogP contribution in [0, 0.1) is 6.92 Å². The molecule has 3 aromatic rings. The number of rotatable bonds is 3. The minimum absolute atomic E-state index is 0.664. The lowest BCUT2D eigenvalue weighted by atomic mass is 10.1. The van der Waals surface area contributed by atoms with Crippen LogP contribution in [0.2, 0.25) is 0 Å². The highest BCUT2D eigenvalue weighted by atomic mass is 15.2. The first kappa shape index (κ1) is 11.7. The van der Waals surface area contributed by atoms with Gasteiger partial charge in [0.2, 0.25) is 0 Å². The molecule has 2 heterocycles. The van der Waals surface area contributed by atoms with Gasteiger partial charge in [-0.1, -0.05) is 29.8 Å². The van der Waals surface area contributed by atoms with Gasteiger partial charge in [0, 0.05) is 12.6 Å². The van der Waals surface area contributed by atoms with Gasteiger partial charge in [0.05, 0.1) is 5.69 Å². The van der Waals surface area contributed by atoms with Crippen molar-refractivity contribution in [1.29, 1.82) is 0 Å². The van der Waals surface area contributed by atoms with E-state index in [9.17, 15) is 0 Å². The molecule has 0 atom stereocenters. The van der Waals surface area contributed by atoms with Gasteiger partial charge in [-0.3, -0.25) is 4.40 Å². The van der Waals surface area contributed by atoms with Crippen molar-refractivity contribution in [3.8, 4) is 0 Å². The van der Waals surface area contributed by atoms with Crippen LogP contribution in [0.15, 0.2) is 42.6 Å². The van der Waals surface area contributed by atoms with Gasteiger partial charge in [-0.05, 0) is 31.0 Å². The van der Waals surface area contributed by atoms with E-state index in [2.05, 4.69) is 41.4 Å². The molecule has 19 heavy (non-hydrogen) atoms. The zero-order chi connectivity index (χ0) is 13.2. The number of pyridine rings is 1. The molecule has 0 radical (unpaired) electrons. The van der Waals surface area contributed by atoms with Gasteiger partial charge in [-0.2, -0.15) is 0 Å². The molecule has 2 aromatic heterocycles. The van der Waals surface area contributed by atoms with E-state index in [1.54, 1.807) is 0 Å². The van der Waals surface area contributed by atoms with Crippen LogP contribution in [0.3, 0.4) is 0 Å². The average molecular weight is 252 g/mol. The van der Waals surface area contributed by atoms with Crippen molar-refractivity contribution in [1.82, 2.24) is 14.6 Å². The van der Waals surface area contributed by atoms with Crippen molar-refractivity contribution in [2.45, 2.75) is 19.8 Å². The van der Waals surface area contributed by atoms with Crippen molar-refractivity contribution in [2.75, 3.05) is 5.73 Å². The molecule has 0 aliphatic carbocycles. The second-order valence-electron chi connectivity index (χ2n) is 4.76. The molecule has 4 nitrogen and oxygen atoms in total. The number of anilines is 1. The van der Waals surface area contributed by atoms with Crippen LogP contribution in [0.1, 0.15) is 17.0 Å². The molecule has 3 rings (SSSR count).